The number of amides is 2. The number of carbonyl (C=O) groups excluding carboxylic acids is 4. The summed E-state index contributed by atoms with van der Waals surface area (Å²) in [7, 11) is 4.59. The number of imide groups is 1. The molecule has 0 radical (unpaired) electrons. The van der Waals surface area contributed by atoms with Crippen molar-refractivity contribution >= 4 is 34.9 Å². The number of hydrogen-bond donors (Lipinski definition) is 0. The fraction of sp³-hybridized carbons (Fsp3) is 0.312. The van der Waals surface area contributed by atoms with Gasteiger partial charge >= 0.3 is 5.97 Å². The molecule has 0 aromatic heterocycles. The van der Waals surface area contributed by atoms with Crippen molar-refractivity contribution in [1.29, 1.82) is 0 Å². The van der Waals surface area contributed by atoms with Gasteiger partial charge in [0.1, 0.15) is 5.75 Å². The van der Waals surface area contributed by atoms with E-state index in [2.05, 4.69) is 9.80 Å². The van der Waals surface area contributed by atoms with Gasteiger partial charge in [-0.1, -0.05) is 0 Å². The number of ether oxygens (including phenoxy) is 4. The number of esters is 1. The van der Waals surface area contributed by atoms with Crippen LogP contribution in [0.1, 0.15) is 27.1 Å². The molecule has 0 bridgehead atoms. The van der Waals surface area contributed by atoms with Gasteiger partial charge in [-0.2, -0.15) is 0 Å². The predicted molar refractivity (Wildman–Crippen MR) is 158 cm³/mol. The summed E-state index contributed by atoms with van der Waals surface area (Å²) in [5.41, 5.74) is 1.96. The molecular formula is C32H33N3O8. The zero-order valence-corrected chi connectivity index (χ0v) is 24.3. The van der Waals surface area contributed by atoms with Crippen LogP contribution in [0, 0.1) is 0 Å². The first-order chi connectivity index (χ1) is 20.8. The number of rotatable bonds is 10. The van der Waals surface area contributed by atoms with Gasteiger partial charge in [0.05, 0.1) is 45.0 Å². The van der Waals surface area contributed by atoms with Crippen molar-refractivity contribution in [2.75, 3.05) is 63.9 Å². The summed E-state index contributed by atoms with van der Waals surface area (Å²) in [4.78, 5) is 56.9. The fourth-order valence-corrected chi connectivity index (χ4v) is 5.31. The predicted octanol–water partition coefficient (Wildman–Crippen LogP) is 3.21. The normalized spacial score (nSPS) is 17.1. The Morgan fingerprint density at radius 1 is 0.744 bits per heavy atom. The number of anilines is 2. The first kappa shape index (κ1) is 29.6. The van der Waals surface area contributed by atoms with Crippen LogP contribution in [-0.4, -0.2) is 88.6 Å². The van der Waals surface area contributed by atoms with Gasteiger partial charge in [0.15, 0.2) is 23.9 Å². The van der Waals surface area contributed by atoms with Crippen LogP contribution in [0.5, 0.6) is 17.2 Å². The van der Waals surface area contributed by atoms with Crippen molar-refractivity contribution < 1.29 is 38.1 Å². The average Bonchev–Trinajstić information content (AvgIpc) is 3.36. The molecule has 0 spiro atoms. The van der Waals surface area contributed by atoms with Gasteiger partial charge in [0, 0.05) is 37.4 Å². The van der Waals surface area contributed by atoms with E-state index in [1.165, 1.54) is 49.5 Å². The Morgan fingerprint density at radius 2 is 1.37 bits per heavy atom. The zero-order chi connectivity index (χ0) is 30.5. The lowest BCUT2D eigenvalue weighted by Gasteiger charge is -2.38. The molecule has 0 N–H and O–H groups in total. The van der Waals surface area contributed by atoms with Crippen LogP contribution in [0.3, 0.4) is 0 Å². The molecular weight excluding hydrogens is 554 g/mol. The number of Topliss-reactive ketones (excluding diaryl/α,β-unsaturated/α-hetero) is 1. The number of benzene rings is 3. The standard InChI is InChI=1S/C32H33N3O8/c1-40-25-11-9-23(10-12-25)33-14-16-34(17-15-33)26-19-30(37)35(31(26)38)24-7-4-21(5-8-24)32(39)43-20-27(36)22-6-13-28(41-2)29(18-22)42-3/h4-13,18,26H,14-17,19-20H2,1-3H3. The molecule has 11 nitrogen and oxygen atoms in total. The minimum absolute atomic E-state index is 0.101. The van der Waals surface area contributed by atoms with Crippen molar-refractivity contribution in [2.45, 2.75) is 12.5 Å². The Hall–Kier alpha value is -4.90. The molecule has 43 heavy (non-hydrogen) atoms. The topological polar surface area (TPSA) is 115 Å². The third-order valence-corrected chi connectivity index (χ3v) is 7.72. The summed E-state index contributed by atoms with van der Waals surface area (Å²) < 4.78 is 20.8. The van der Waals surface area contributed by atoms with Crippen molar-refractivity contribution in [3.8, 4) is 17.2 Å². The van der Waals surface area contributed by atoms with E-state index in [4.69, 9.17) is 18.9 Å². The average molecular weight is 588 g/mol. The van der Waals surface area contributed by atoms with E-state index in [1.54, 1.807) is 19.2 Å². The van der Waals surface area contributed by atoms with Crippen molar-refractivity contribution in [1.82, 2.24) is 4.90 Å². The van der Waals surface area contributed by atoms with E-state index in [9.17, 15) is 19.2 Å². The molecule has 2 heterocycles. The maximum Gasteiger partial charge on any atom is 0.338 e. The van der Waals surface area contributed by atoms with E-state index in [0.29, 0.717) is 35.8 Å². The number of nitrogens with zero attached hydrogens (tertiary/aromatic N) is 3. The summed E-state index contributed by atoms with van der Waals surface area (Å²) in [5, 5.41) is 0. The van der Waals surface area contributed by atoms with E-state index < -0.39 is 24.4 Å². The highest BCUT2D eigenvalue weighted by Crippen LogP contribution is 2.29. The van der Waals surface area contributed by atoms with Gasteiger partial charge in [-0.05, 0) is 66.7 Å². The summed E-state index contributed by atoms with van der Waals surface area (Å²) >= 11 is 0. The first-order valence-electron chi connectivity index (χ1n) is 13.8. The quantitative estimate of drug-likeness (QED) is 0.199. The molecule has 2 amide bonds. The Bertz CT molecular complexity index is 1500. The summed E-state index contributed by atoms with van der Waals surface area (Å²) in [6.45, 7) is 2.30. The largest absolute Gasteiger partial charge is 0.497 e. The van der Waals surface area contributed by atoms with Gasteiger partial charge in [-0.15, -0.1) is 0 Å². The molecule has 2 fully saturated rings. The fourth-order valence-electron chi connectivity index (χ4n) is 5.31. The molecule has 224 valence electrons. The lowest BCUT2D eigenvalue weighted by Crippen LogP contribution is -2.52. The molecule has 11 heteroatoms. The Morgan fingerprint density at radius 3 is 2.00 bits per heavy atom. The number of carbonyl (C=O) groups is 4. The van der Waals surface area contributed by atoms with Gasteiger partial charge in [-0.3, -0.25) is 19.3 Å². The molecule has 0 aliphatic carbocycles. The summed E-state index contributed by atoms with van der Waals surface area (Å²) in [5.74, 6) is -0.0167. The smallest absolute Gasteiger partial charge is 0.338 e. The molecule has 1 unspecified atom stereocenters. The SMILES string of the molecule is COc1ccc(N2CCN(C3CC(=O)N(c4ccc(C(=O)OCC(=O)c5ccc(OC)c(OC)c5)cc4)C3=O)CC2)cc1. The molecule has 0 saturated carbocycles. The molecule has 5 rings (SSSR count). The molecule has 2 aliphatic rings. The second-order valence-electron chi connectivity index (χ2n) is 10.1. The van der Waals surface area contributed by atoms with Gasteiger partial charge in [0.25, 0.3) is 5.91 Å². The lowest BCUT2D eigenvalue weighted by atomic mass is 10.1. The van der Waals surface area contributed by atoms with Crippen LogP contribution in [0.15, 0.2) is 66.7 Å². The van der Waals surface area contributed by atoms with E-state index in [1.807, 2.05) is 24.3 Å². The highest BCUT2D eigenvalue weighted by molar-refractivity contribution is 6.22. The van der Waals surface area contributed by atoms with Crippen molar-refractivity contribution in [3.63, 3.8) is 0 Å². The van der Waals surface area contributed by atoms with Crippen molar-refractivity contribution in [2.24, 2.45) is 0 Å². The molecule has 1 atom stereocenters. The number of piperazine rings is 1. The third kappa shape index (κ3) is 6.31. The number of methoxy groups -OCH3 is 3. The van der Waals surface area contributed by atoms with Crippen LogP contribution in [0.2, 0.25) is 0 Å². The molecule has 2 aliphatic heterocycles. The molecule has 3 aromatic rings. The van der Waals surface area contributed by atoms with E-state index >= 15 is 0 Å². The third-order valence-electron chi connectivity index (χ3n) is 7.72. The number of ketones is 1. The summed E-state index contributed by atoms with van der Waals surface area (Å²) in [6, 6.07) is 18.0. The monoisotopic (exact) mass is 587 g/mol. The van der Waals surface area contributed by atoms with Crippen LogP contribution < -0.4 is 24.0 Å². The summed E-state index contributed by atoms with van der Waals surface area (Å²) in [6.07, 6.45) is 0.101. The first-order valence-corrected chi connectivity index (χ1v) is 13.8. The second kappa shape index (κ2) is 13.0. The lowest BCUT2D eigenvalue weighted by molar-refractivity contribution is -0.123. The Kier molecular flexibility index (Phi) is 8.91. The van der Waals surface area contributed by atoms with E-state index in [0.717, 1.165) is 24.5 Å². The minimum atomic E-state index is -0.702. The molecule has 2 saturated heterocycles. The number of hydrogen-bond acceptors (Lipinski definition) is 10. The van der Waals surface area contributed by atoms with E-state index in [-0.39, 0.29) is 23.8 Å². The van der Waals surface area contributed by atoms with Gasteiger partial charge < -0.3 is 23.8 Å². The van der Waals surface area contributed by atoms with Gasteiger partial charge in [0.2, 0.25) is 5.91 Å². The zero-order valence-electron chi connectivity index (χ0n) is 24.3. The maximum absolute atomic E-state index is 13.3. The van der Waals surface area contributed by atoms with Gasteiger partial charge in [-0.25, -0.2) is 9.69 Å². The second-order valence-corrected chi connectivity index (χ2v) is 10.1. The highest BCUT2D eigenvalue weighted by Gasteiger charge is 2.43. The maximum atomic E-state index is 13.3. The van der Waals surface area contributed by atoms with Crippen LogP contribution in [-0.2, 0) is 14.3 Å². The molecule has 3 aromatic carbocycles. The van der Waals surface area contributed by atoms with Crippen LogP contribution in [0.25, 0.3) is 0 Å². The minimum Gasteiger partial charge on any atom is -0.497 e. The Balaban J connectivity index is 1.16. The highest BCUT2D eigenvalue weighted by atomic mass is 16.5. The van der Waals surface area contributed by atoms with Crippen LogP contribution >= 0.6 is 0 Å². The van der Waals surface area contributed by atoms with Crippen LogP contribution in [0.4, 0.5) is 11.4 Å². The Labute approximate surface area is 249 Å². The van der Waals surface area contributed by atoms with Crippen molar-refractivity contribution in [3.05, 3.63) is 77.9 Å².